The maximum Gasteiger partial charge on any atom is 0.339 e. The van der Waals surface area contributed by atoms with E-state index in [9.17, 15) is 13.2 Å². The van der Waals surface area contributed by atoms with Crippen LogP contribution in [0.4, 0.5) is 4.79 Å². The van der Waals surface area contributed by atoms with Crippen molar-refractivity contribution < 1.29 is 13.2 Å². The summed E-state index contributed by atoms with van der Waals surface area (Å²) in [6.07, 6.45) is 0.157. The molecule has 1 aliphatic rings. The minimum absolute atomic E-state index is 0.157. The van der Waals surface area contributed by atoms with Crippen molar-refractivity contribution in [2.24, 2.45) is 0 Å². The standard InChI is InChI=1S/C8H12N2O3S/c1-8(2)6-14(12,13)7(11)10(8)5-3-4-9/h3,5-6H2,1-2H3. The molecule has 0 aromatic carbocycles. The third-order valence-corrected chi connectivity index (χ3v) is 4.05. The molecule has 1 aliphatic heterocycles. The second-order valence-electron chi connectivity index (χ2n) is 3.90. The zero-order chi connectivity index (χ0) is 11.0. The summed E-state index contributed by atoms with van der Waals surface area (Å²) in [5.41, 5.74) is -0.688. The third-order valence-electron chi connectivity index (χ3n) is 2.21. The molecule has 0 atom stereocenters. The molecule has 78 valence electrons. The molecule has 0 aromatic heterocycles. The average Bonchev–Trinajstić information content (AvgIpc) is 2.16. The van der Waals surface area contributed by atoms with Crippen LogP contribution in [-0.4, -0.2) is 36.4 Å². The first-order valence-electron chi connectivity index (χ1n) is 4.22. The molecule has 0 bridgehead atoms. The molecule has 6 heteroatoms. The van der Waals surface area contributed by atoms with Gasteiger partial charge >= 0.3 is 5.24 Å². The molecule has 5 nitrogen and oxygen atoms in total. The van der Waals surface area contributed by atoms with Crippen LogP contribution in [0.5, 0.6) is 0 Å². The first kappa shape index (κ1) is 11.0. The fourth-order valence-electron chi connectivity index (χ4n) is 1.58. The Labute approximate surface area is 83.2 Å². The molecule has 0 radical (unpaired) electrons. The average molecular weight is 216 g/mol. The van der Waals surface area contributed by atoms with Gasteiger partial charge in [0.15, 0.2) is 0 Å². The number of hydrogen-bond donors (Lipinski definition) is 0. The van der Waals surface area contributed by atoms with Crippen molar-refractivity contribution in [3.8, 4) is 6.07 Å². The summed E-state index contributed by atoms with van der Waals surface area (Å²) in [6, 6.07) is 1.89. The molecule has 1 fully saturated rings. The first-order chi connectivity index (χ1) is 6.31. The number of rotatable bonds is 2. The molecule has 1 heterocycles. The fraction of sp³-hybridized carbons (Fsp3) is 0.750. The molecule has 1 saturated heterocycles. The molecule has 14 heavy (non-hydrogen) atoms. The predicted molar refractivity (Wildman–Crippen MR) is 50.2 cm³/mol. The van der Waals surface area contributed by atoms with Crippen LogP contribution in [0, 0.1) is 11.3 Å². The molecule has 0 unspecified atom stereocenters. The molecule has 0 N–H and O–H groups in total. The summed E-state index contributed by atoms with van der Waals surface area (Å²) in [7, 11) is -3.63. The van der Waals surface area contributed by atoms with Crippen LogP contribution in [0.1, 0.15) is 20.3 Å². The van der Waals surface area contributed by atoms with Crippen molar-refractivity contribution in [2.45, 2.75) is 25.8 Å². The van der Waals surface area contributed by atoms with Crippen molar-refractivity contribution in [2.75, 3.05) is 12.3 Å². The highest BCUT2D eigenvalue weighted by atomic mass is 32.2. The molecule has 1 amide bonds. The lowest BCUT2D eigenvalue weighted by molar-refractivity contribution is 0.180. The second kappa shape index (κ2) is 3.24. The summed E-state index contributed by atoms with van der Waals surface area (Å²) in [4.78, 5) is 12.6. The Hall–Kier alpha value is -1.09. The molecule has 0 aliphatic carbocycles. The molecule has 0 saturated carbocycles. The fourth-order valence-corrected chi connectivity index (χ4v) is 3.46. The van der Waals surface area contributed by atoms with Crippen molar-refractivity contribution in [1.29, 1.82) is 5.26 Å². The Balaban J connectivity index is 2.95. The van der Waals surface area contributed by atoms with E-state index in [1.54, 1.807) is 13.8 Å². The smallest absolute Gasteiger partial charge is 0.322 e. The van der Waals surface area contributed by atoms with Gasteiger partial charge in [0.25, 0.3) is 0 Å². The summed E-state index contributed by atoms with van der Waals surface area (Å²) >= 11 is 0. The maximum absolute atomic E-state index is 11.4. The molecule has 0 aromatic rings. The highest BCUT2D eigenvalue weighted by Gasteiger charge is 2.48. The monoisotopic (exact) mass is 216 g/mol. The lowest BCUT2D eigenvalue weighted by Crippen LogP contribution is -2.42. The lowest BCUT2D eigenvalue weighted by Gasteiger charge is -2.28. The van der Waals surface area contributed by atoms with Crippen LogP contribution in [0.3, 0.4) is 0 Å². The van der Waals surface area contributed by atoms with Crippen molar-refractivity contribution >= 4 is 15.1 Å². The molecule has 0 spiro atoms. The molecular weight excluding hydrogens is 204 g/mol. The molecular formula is C8H12N2O3S. The zero-order valence-corrected chi connectivity index (χ0v) is 8.97. The van der Waals surface area contributed by atoms with Crippen LogP contribution in [0.15, 0.2) is 0 Å². The second-order valence-corrected chi connectivity index (χ2v) is 5.76. The number of hydrogen-bond acceptors (Lipinski definition) is 4. The van der Waals surface area contributed by atoms with E-state index in [4.69, 9.17) is 5.26 Å². The van der Waals surface area contributed by atoms with Crippen molar-refractivity contribution in [3.63, 3.8) is 0 Å². The lowest BCUT2D eigenvalue weighted by atomic mass is 10.1. The first-order valence-corrected chi connectivity index (χ1v) is 5.88. The van der Waals surface area contributed by atoms with Gasteiger partial charge in [0.2, 0.25) is 9.84 Å². The van der Waals surface area contributed by atoms with E-state index >= 15 is 0 Å². The SMILES string of the molecule is CC1(C)CS(=O)(=O)C(=O)N1CCC#N. The van der Waals surface area contributed by atoms with Crippen LogP contribution in [0.25, 0.3) is 0 Å². The van der Waals surface area contributed by atoms with Gasteiger partial charge in [0, 0.05) is 6.54 Å². The summed E-state index contributed by atoms with van der Waals surface area (Å²) < 4.78 is 22.6. The van der Waals surface area contributed by atoms with Crippen molar-refractivity contribution in [1.82, 2.24) is 4.90 Å². The van der Waals surface area contributed by atoms with Crippen LogP contribution in [0.2, 0.25) is 0 Å². The summed E-state index contributed by atoms with van der Waals surface area (Å²) in [6.45, 7) is 3.56. The highest BCUT2D eigenvalue weighted by molar-refractivity contribution is 8.06. The van der Waals surface area contributed by atoms with Gasteiger partial charge in [-0.1, -0.05) is 0 Å². The zero-order valence-electron chi connectivity index (χ0n) is 8.15. The number of nitrogens with zero attached hydrogens (tertiary/aromatic N) is 2. The summed E-state index contributed by atoms with van der Waals surface area (Å²) in [5, 5.41) is 7.53. The number of amides is 1. The number of carbonyl (C=O) groups is 1. The highest BCUT2D eigenvalue weighted by Crippen LogP contribution is 2.27. The Morgan fingerprint density at radius 3 is 2.50 bits per heavy atom. The van der Waals surface area contributed by atoms with Gasteiger partial charge in [-0.2, -0.15) is 5.26 Å². The Kier molecular flexibility index (Phi) is 2.54. The Morgan fingerprint density at radius 2 is 2.14 bits per heavy atom. The van der Waals surface area contributed by atoms with E-state index in [2.05, 4.69) is 0 Å². The molecule has 1 rings (SSSR count). The van der Waals surface area contributed by atoms with E-state index in [1.165, 1.54) is 4.90 Å². The predicted octanol–water partition coefficient (Wildman–Crippen LogP) is 0.529. The van der Waals surface area contributed by atoms with Gasteiger partial charge in [-0.25, -0.2) is 8.42 Å². The number of nitriles is 1. The van der Waals surface area contributed by atoms with Gasteiger partial charge in [-0.15, -0.1) is 0 Å². The minimum Gasteiger partial charge on any atom is -0.322 e. The van der Waals surface area contributed by atoms with Gasteiger partial charge in [-0.05, 0) is 13.8 Å². The Bertz CT molecular complexity index is 391. The van der Waals surface area contributed by atoms with Gasteiger partial charge in [0.1, 0.15) is 0 Å². The van der Waals surface area contributed by atoms with Gasteiger partial charge in [0.05, 0.1) is 23.8 Å². The largest absolute Gasteiger partial charge is 0.339 e. The van der Waals surface area contributed by atoms with E-state index in [-0.39, 0.29) is 18.7 Å². The number of carbonyl (C=O) groups excluding carboxylic acids is 1. The third kappa shape index (κ3) is 1.73. The van der Waals surface area contributed by atoms with E-state index in [0.29, 0.717) is 0 Å². The maximum atomic E-state index is 11.4. The van der Waals surface area contributed by atoms with Gasteiger partial charge < -0.3 is 4.90 Å². The normalized spacial score (nSPS) is 23.5. The Morgan fingerprint density at radius 1 is 1.57 bits per heavy atom. The minimum atomic E-state index is -3.63. The number of sulfone groups is 1. The van der Waals surface area contributed by atoms with Crippen molar-refractivity contribution in [3.05, 3.63) is 0 Å². The van der Waals surface area contributed by atoms with Crippen LogP contribution < -0.4 is 0 Å². The van der Waals surface area contributed by atoms with Gasteiger partial charge in [-0.3, -0.25) is 4.79 Å². The quantitative estimate of drug-likeness (QED) is 0.674. The van der Waals surface area contributed by atoms with E-state index in [0.717, 1.165) is 0 Å². The topological polar surface area (TPSA) is 78.2 Å². The van der Waals surface area contributed by atoms with E-state index in [1.807, 2.05) is 6.07 Å². The van der Waals surface area contributed by atoms with Crippen LogP contribution in [-0.2, 0) is 9.84 Å². The van der Waals surface area contributed by atoms with Crippen LogP contribution >= 0.6 is 0 Å². The van der Waals surface area contributed by atoms with E-state index < -0.39 is 20.6 Å². The summed E-state index contributed by atoms with van der Waals surface area (Å²) in [5.74, 6) is -0.162.